The Hall–Kier alpha value is -6.28. The Morgan fingerprint density at radius 2 is 0.524 bits per heavy atom. The summed E-state index contributed by atoms with van der Waals surface area (Å²) in [6.45, 7) is 37.5. The summed E-state index contributed by atoms with van der Waals surface area (Å²) in [5, 5.41) is 0. The Labute approximate surface area is 491 Å². The van der Waals surface area contributed by atoms with Crippen molar-refractivity contribution in [3.05, 3.63) is 138 Å². The molecular weight excluding hydrogens is 1000 g/mol. The van der Waals surface area contributed by atoms with Gasteiger partial charge in [-0.3, -0.25) is 9.97 Å². The first kappa shape index (κ1) is 58.9. The van der Waals surface area contributed by atoms with Crippen LogP contribution in [0.15, 0.2) is 36.4 Å². The standard InChI is InChI=1S/C74H98N8/c1-17-41-45(21-5)63-37-67-49(25-9)53(29-13)71(79-67)57(72-54(30-14)50(26-10)68(80-72)38-64-46(22-6)42(18-2)60(76-64)35-59(41)75-63)33-34-58-73-55(31-15)51(27-11)69(81-73)39-65-47(23-7)43(19-3)61(77-65)36-62-44(20-4)48(24-8)66(78-62)40-70-52(28-12)56(32-16)74(58)82-70/h35-40,49,51,53,55,75-78H,17-34H2,1-16H3/t49-,51-,53-,55-/m0/s1. The summed E-state index contributed by atoms with van der Waals surface area (Å²) in [6.07, 6.45) is 16.9. The van der Waals surface area contributed by atoms with Gasteiger partial charge in [-0.05, 0) is 219 Å². The van der Waals surface area contributed by atoms with Crippen molar-refractivity contribution in [2.75, 3.05) is 0 Å². The average molecular weight is 1100 g/mol. The van der Waals surface area contributed by atoms with Crippen LogP contribution in [0, 0.1) is 0 Å². The molecule has 6 aromatic rings. The van der Waals surface area contributed by atoms with Crippen molar-refractivity contribution in [1.82, 2.24) is 39.9 Å². The van der Waals surface area contributed by atoms with E-state index in [1.807, 2.05) is 0 Å². The molecule has 0 fully saturated rings. The zero-order valence-electron chi connectivity index (χ0n) is 53.3. The van der Waals surface area contributed by atoms with E-state index in [9.17, 15) is 0 Å². The van der Waals surface area contributed by atoms with E-state index in [2.05, 4.69) is 167 Å². The molecule has 434 valence electrons. The van der Waals surface area contributed by atoms with E-state index in [-0.39, 0.29) is 23.7 Å². The predicted molar refractivity (Wildman–Crippen MR) is 351 cm³/mol. The van der Waals surface area contributed by atoms with Gasteiger partial charge in [0.1, 0.15) is 0 Å². The van der Waals surface area contributed by atoms with Crippen LogP contribution < -0.4 is 0 Å². The molecule has 0 saturated carbocycles. The minimum atomic E-state index is 0.251. The van der Waals surface area contributed by atoms with Gasteiger partial charge in [-0.1, -0.05) is 111 Å². The third kappa shape index (κ3) is 9.87. The van der Waals surface area contributed by atoms with Crippen LogP contribution in [0.4, 0.5) is 0 Å². The SMILES string of the molecule is CCC1=C(CC)c2nc1cc1[nH]c(cc3[nH]c(cc4nc(c2CCc2c5nc(cc6[nH]c(cc7[nH]c(cc8nc2[C@@H](CC)[C@@H]8CC)c(CC)c7CC)c(CC)c6CC)C(CC)=C5CC)[C@@H](CC)[C@@H]4CC)c(CC)c3CC)c(CC)c1CC. The second-order valence-corrected chi connectivity index (χ2v) is 23.7. The maximum Gasteiger partial charge on any atom is 0.0722 e. The summed E-state index contributed by atoms with van der Waals surface area (Å²) in [6, 6.07) is 14.5. The number of nitrogens with one attached hydrogen (secondary N) is 4. The Balaban J connectivity index is 1.36. The first-order valence-electron chi connectivity index (χ1n) is 33.0. The van der Waals surface area contributed by atoms with Crippen LogP contribution in [0.3, 0.4) is 0 Å². The van der Waals surface area contributed by atoms with Crippen molar-refractivity contribution in [1.29, 1.82) is 0 Å². The molecule has 0 amide bonds. The Bertz CT molecular complexity index is 3570. The van der Waals surface area contributed by atoms with Gasteiger partial charge in [-0.15, -0.1) is 0 Å². The second kappa shape index (κ2) is 24.9. The molecule has 10 heterocycles. The molecule has 0 saturated heterocycles. The number of aryl methyl sites for hydroxylation is 8. The Morgan fingerprint density at radius 3 is 0.768 bits per heavy atom. The smallest absolute Gasteiger partial charge is 0.0722 e. The van der Waals surface area contributed by atoms with E-state index in [1.165, 1.54) is 145 Å². The Morgan fingerprint density at radius 1 is 0.268 bits per heavy atom. The lowest BCUT2D eigenvalue weighted by atomic mass is 9.81. The minimum Gasteiger partial charge on any atom is -0.355 e. The maximum atomic E-state index is 6.01. The monoisotopic (exact) mass is 1100 g/mol. The van der Waals surface area contributed by atoms with Crippen LogP contribution in [-0.2, 0) is 64.2 Å². The highest BCUT2D eigenvalue weighted by Gasteiger charge is 2.37. The van der Waals surface area contributed by atoms with Crippen LogP contribution >= 0.6 is 0 Å². The Kier molecular flexibility index (Phi) is 17.9. The van der Waals surface area contributed by atoms with Gasteiger partial charge in [0.05, 0.1) is 22.8 Å². The molecule has 16 bridgehead atoms. The number of H-pyrrole nitrogens is 4. The lowest BCUT2D eigenvalue weighted by molar-refractivity contribution is 0.526. The topological polar surface area (TPSA) is 115 Å². The van der Waals surface area contributed by atoms with E-state index in [1.54, 1.807) is 0 Å². The highest BCUT2D eigenvalue weighted by Crippen LogP contribution is 2.49. The number of allylic oxidation sites excluding steroid dienone is 4. The zero-order valence-corrected chi connectivity index (χ0v) is 53.3. The number of nitrogens with zero attached hydrogens (tertiary/aromatic N) is 4. The molecule has 0 spiro atoms. The number of aromatic amines is 4. The molecule has 4 aliphatic heterocycles. The normalized spacial score (nSPS) is 17.3. The summed E-state index contributed by atoms with van der Waals surface area (Å²) in [5.74, 6) is 1.07. The number of hydrogen-bond acceptors (Lipinski definition) is 4. The van der Waals surface area contributed by atoms with Crippen molar-refractivity contribution < 1.29 is 0 Å². The minimum absolute atomic E-state index is 0.251. The molecule has 4 aliphatic rings. The van der Waals surface area contributed by atoms with Gasteiger partial charge in [0.25, 0.3) is 0 Å². The van der Waals surface area contributed by atoms with Gasteiger partial charge in [0.2, 0.25) is 0 Å². The molecule has 6 aromatic heterocycles. The van der Waals surface area contributed by atoms with Gasteiger partial charge in [-0.2, -0.15) is 0 Å². The maximum absolute atomic E-state index is 6.01. The molecule has 4 atom stereocenters. The van der Waals surface area contributed by atoms with Gasteiger partial charge in [0.15, 0.2) is 0 Å². The highest BCUT2D eigenvalue weighted by atomic mass is 14.8. The summed E-state index contributed by atoms with van der Waals surface area (Å²) < 4.78 is 0. The number of aromatic nitrogens is 8. The molecule has 8 nitrogen and oxygen atoms in total. The van der Waals surface area contributed by atoms with E-state index >= 15 is 0 Å². The molecule has 4 N–H and O–H groups in total. The van der Waals surface area contributed by atoms with Crippen molar-refractivity contribution in [3.8, 4) is 0 Å². The fraction of sp³-hybridized carbons (Fsp3) is 0.514. The van der Waals surface area contributed by atoms with Crippen LogP contribution in [0.1, 0.15) is 287 Å². The first-order chi connectivity index (χ1) is 39.9. The largest absolute Gasteiger partial charge is 0.355 e. The average Bonchev–Trinajstić information content (AvgIpc) is 4.25. The molecule has 0 aromatic carbocycles. The first-order valence-corrected chi connectivity index (χ1v) is 33.0. The second-order valence-electron chi connectivity index (χ2n) is 23.7. The number of fused-ring (bicyclic) bond motifs is 16. The summed E-state index contributed by atoms with van der Waals surface area (Å²) >= 11 is 0. The fourth-order valence-corrected chi connectivity index (χ4v) is 16.1. The van der Waals surface area contributed by atoms with Crippen molar-refractivity contribution in [3.63, 3.8) is 0 Å². The molecule has 0 radical (unpaired) electrons. The summed E-state index contributed by atoms with van der Waals surface area (Å²) in [4.78, 5) is 40.1. The van der Waals surface area contributed by atoms with Gasteiger partial charge >= 0.3 is 0 Å². The molecule has 0 aliphatic carbocycles. The van der Waals surface area contributed by atoms with Gasteiger partial charge in [-0.25, -0.2) is 9.97 Å². The zero-order chi connectivity index (χ0) is 58.3. The quantitative estimate of drug-likeness (QED) is 0.0647. The lowest BCUT2D eigenvalue weighted by Crippen LogP contribution is -2.11. The van der Waals surface area contributed by atoms with Crippen molar-refractivity contribution in [2.24, 2.45) is 0 Å². The number of rotatable bonds is 19. The van der Waals surface area contributed by atoms with E-state index in [0.29, 0.717) is 0 Å². The van der Waals surface area contributed by atoms with Crippen LogP contribution in [0.5, 0.6) is 0 Å². The third-order valence-corrected chi connectivity index (χ3v) is 20.0. The molecular formula is C74H98N8. The van der Waals surface area contributed by atoms with E-state index in [0.717, 1.165) is 138 Å². The fourth-order valence-electron chi connectivity index (χ4n) is 16.1. The van der Waals surface area contributed by atoms with Crippen LogP contribution in [0.2, 0.25) is 0 Å². The third-order valence-electron chi connectivity index (χ3n) is 20.0. The number of hydrogen-bond donors (Lipinski definition) is 4. The molecule has 10 rings (SSSR count). The van der Waals surface area contributed by atoms with E-state index < -0.39 is 0 Å². The molecule has 0 unspecified atom stereocenters. The lowest BCUT2D eigenvalue weighted by Gasteiger charge is -2.21. The highest BCUT2D eigenvalue weighted by molar-refractivity contribution is 5.95. The van der Waals surface area contributed by atoms with Gasteiger partial charge < -0.3 is 19.9 Å². The van der Waals surface area contributed by atoms with E-state index in [4.69, 9.17) is 19.9 Å². The summed E-state index contributed by atoms with van der Waals surface area (Å²) in [5.41, 5.74) is 38.3. The van der Waals surface area contributed by atoms with Crippen molar-refractivity contribution in [2.45, 2.75) is 250 Å². The van der Waals surface area contributed by atoms with Crippen LogP contribution in [0.25, 0.3) is 66.4 Å². The van der Waals surface area contributed by atoms with Crippen LogP contribution in [-0.4, -0.2) is 39.9 Å². The predicted octanol–water partition coefficient (Wildman–Crippen LogP) is 20.1. The van der Waals surface area contributed by atoms with Gasteiger partial charge in [0, 0.05) is 102 Å². The van der Waals surface area contributed by atoms with Crippen molar-refractivity contribution >= 4 is 66.4 Å². The summed E-state index contributed by atoms with van der Waals surface area (Å²) in [7, 11) is 0. The molecule has 82 heavy (non-hydrogen) atoms. The molecule has 8 heteroatoms.